The van der Waals surface area contributed by atoms with Crippen LogP contribution in [0.3, 0.4) is 0 Å². The predicted octanol–water partition coefficient (Wildman–Crippen LogP) is 1.79. The molecule has 0 radical (unpaired) electrons. The van der Waals surface area contributed by atoms with E-state index in [9.17, 15) is 13.2 Å². The summed E-state index contributed by atoms with van der Waals surface area (Å²) >= 11 is 0. The number of hydrogen-bond donors (Lipinski definition) is 2. The Labute approximate surface area is 125 Å². The third-order valence-electron chi connectivity index (χ3n) is 3.12. The minimum atomic E-state index is -3.68. The second kappa shape index (κ2) is 8.11. The summed E-state index contributed by atoms with van der Waals surface area (Å²) in [5, 5.41) is 9.03. The van der Waals surface area contributed by atoms with Gasteiger partial charge in [0.25, 0.3) is 0 Å². The van der Waals surface area contributed by atoms with E-state index >= 15 is 0 Å². The fourth-order valence-corrected chi connectivity index (χ4v) is 3.31. The topological polar surface area (TPSA) is 92.7 Å². The molecule has 0 fully saturated rings. The molecule has 0 amide bonds. The summed E-state index contributed by atoms with van der Waals surface area (Å²) in [5.41, 5.74) is 0.245. The van der Waals surface area contributed by atoms with Crippen LogP contribution in [0.15, 0.2) is 23.1 Å². The van der Waals surface area contributed by atoms with Crippen molar-refractivity contribution in [3.8, 4) is 0 Å². The van der Waals surface area contributed by atoms with Gasteiger partial charge in [-0.15, -0.1) is 0 Å². The zero-order chi connectivity index (χ0) is 15.9. The van der Waals surface area contributed by atoms with Crippen LogP contribution in [0.25, 0.3) is 0 Å². The summed E-state index contributed by atoms with van der Waals surface area (Å²) in [7, 11) is -2.06. The molecule has 6 nitrogen and oxygen atoms in total. The van der Waals surface area contributed by atoms with Crippen molar-refractivity contribution in [2.45, 2.75) is 31.1 Å². The Hall–Kier alpha value is -1.44. The highest BCUT2D eigenvalue weighted by molar-refractivity contribution is 7.89. The molecule has 118 valence electrons. The molecule has 0 saturated carbocycles. The molecular formula is C14H21NO5S. The molecule has 1 aromatic carbocycles. The van der Waals surface area contributed by atoms with E-state index in [0.717, 1.165) is 12.8 Å². The van der Waals surface area contributed by atoms with Gasteiger partial charge in [0.2, 0.25) is 10.0 Å². The molecule has 0 aliphatic heterocycles. The maximum Gasteiger partial charge on any atom is 0.335 e. The van der Waals surface area contributed by atoms with Gasteiger partial charge in [-0.2, -0.15) is 0 Å². The molecule has 0 aliphatic rings. The Morgan fingerprint density at radius 3 is 2.62 bits per heavy atom. The fourth-order valence-electron chi connectivity index (χ4n) is 1.97. The maximum absolute atomic E-state index is 12.2. The third kappa shape index (κ3) is 5.11. The molecule has 0 spiro atoms. The monoisotopic (exact) mass is 315 g/mol. The van der Waals surface area contributed by atoms with Crippen LogP contribution in [-0.2, 0) is 14.8 Å². The Kier molecular flexibility index (Phi) is 6.80. The third-order valence-corrected chi connectivity index (χ3v) is 4.73. The molecule has 0 saturated heterocycles. The smallest absolute Gasteiger partial charge is 0.335 e. The van der Waals surface area contributed by atoms with E-state index in [2.05, 4.69) is 4.72 Å². The van der Waals surface area contributed by atoms with E-state index in [-0.39, 0.29) is 16.0 Å². The Morgan fingerprint density at radius 2 is 2.00 bits per heavy atom. The van der Waals surface area contributed by atoms with Gasteiger partial charge in [0.15, 0.2) is 0 Å². The van der Waals surface area contributed by atoms with Crippen molar-refractivity contribution in [1.82, 2.24) is 4.72 Å². The number of benzene rings is 1. The Balaban J connectivity index is 2.71. The van der Waals surface area contributed by atoms with Crippen LogP contribution in [0.5, 0.6) is 0 Å². The molecule has 0 aliphatic carbocycles. The summed E-state index contributed by atoms with van der Waals surface area (Å²) in [6.45, 7) is 2.48. The standard InChI is InChI=1S/C14H21NO5S/c1-11-12(14(16)17)7-6-8-13(11)21(18,19)15-9-4-3-5-10-20-2/h6-8,15H,3-5,9-10H2,1-2H3,(H,16,17). The highest BCUT2D eigenvalue weighted by Gasteiger charge is 2.19. The minimum Gasteiger partial charge on any atom is -0.478 e. The number of hydrogen-bond acceptors (Lipinski definition) is 4. The van der Waals surface area contributed by atoms with Crippen LogP contribution in [0.4, 0.5) is 0 Å². The molecule has 0 atom stereocenters. The van der Waals surface area contributed by atoms with Crippen molar-refractivity contribution in [1.29, 1.82) is 0 Å². The van der Waals surface area contributed by atoms with E-state index in [1.807, 2.05) is 0 Å². The number of carboxylic acids is 1. The Morgan fingerprint density at radius 1 is 1.29 bits per heavy atom. The van der Waals surface area contributed by atoms with E-state index in [0.29, 0.717) is 19.6 Å². The normalized spacial score (nSPS) is 11.5. The maximum atomic E-state index is 12.2. The summed E-state index contributed by atoms with van der Waals surface area (Å²) < 4.78 is 31.8. The number of carbonyl (C=O) groups is 1. The zero-order valence-electron chi connectivity index (χ0n) is 12.3. The second-order valence-electron chi connectivity index (χ2n) is 4.69. The first-order valence-electron chi connectivity index (χ1n) is 6.71. The quantitative estimate of drug-likeness (QED) is 0.678. The number of ether oxygens (including phenoxy) is 1. The summed E-state index contributed by atoms with van der Waals surface area (Å²) in [4.78, 5) is 11.0. The molecule has 0 aromatic heterocycles. The van der Waals surface area contributed by atoms with Gasteiger partial charge < -0.3 is 9.84 Å². The van der Waals surface area contributed by atoms with E-state index in [4.69, 9.17) is 9.84 Å². The van der Waals surface area contributed by atoms with Crippen molar-refractivity contribution in [2.75, 3.05) is 20.3 Å². The SMILES string of the molecule is COCCCCCNS(=O)(=O)c1cccc(C(=O)O)c1C. The van der Waals surface area contributed by atoms with Gasteiger partial charge in [-0.25, -0.2) is 17.9 Å². The first kappa shape index (κ1) is 17.6. The molecule has 7 heteroatoms. The minimum absolute atomic E-state index is 0.00188. The van der Waals surface area contributed by atoms with Crippen molar-refractivity contribution in [2.24, 2.45) is 0 Å². The number of nitrogens with one attached hydrogen (secondary N) is 1. The number of unbranched alkanes of at least 4 members (excludes halogenated alkanes) is 2. The number of rotatable bonds is 9. The van der Waals surface area contributed by atoms with Gasteiger partial charge in [-0.1, -0.05) is 6.07 Å². The van der Waals surface area contributed by atoms with Gasteiger partial charge in [0.1, 0.15) is 0 Å². The number of sulfonamides is 1. The molecule has 1 aromatic rings. The van der Waals surface area contributed by atoms with Crippen LogP contribution >= 0.6 is 0 Å². The van der Waals surface area contributed by atoms with Crippen LogP contribution < -0.4 is 4.72 Å². The zero-order valence-corrected chi connectivity index (χ0v) is 13.1. The average Bonchev–Trinajstić information content (AvgIpc) is 2.42. The van der Waals surface area contributed by atoms with E-state index in [1.54, 1.807) is 7.11 Å². The fraction of sp³-hybridized carbons (Fsp3) is 0.500. The number of carboxylic acid groups (broad SMARTS) is 1. The first-order valence-corrected chi connectivity index (χ1v) is 8.20. The number of aromatic carboxylic acids is 1. The van der Waals surface area contributed by atoms with Crippen LogP contribution in [0.2, 0.25) is 0 Å². The van der Waals surface area contributed by atoms with Crippen LogP contribution in [0, 0.1) is 6.92 Å². The lowest BCUT2D eigenvalue weighted by atomic mass is 10.1. The molecule has 0 unspecified atom stereocenters. The van der Waals surface area contributed by atoms with E-state index in [1.165, 1.54) is 25.1 Å². The second-order valence-corrected chi connectivity index (χ2v) is 6.42. The molecular weight excluding hydrogens is 294 g/mol. The molecule has 21 heavy (non-hydrogen) atoms. The first-order chi connectivity index (χ1) is 9.90. The van der Waals surface area contributed by atoms with Gasteiger partial charge in [0.05, 0.1) is 10.5 Å². The van der Waals surface area contributed by atoms with Crippen molar-refractivity contribution >= 4 is 16.0 Å². The summed E-state index contributed by atoms with van der Waals surface area (Å²) in [5.74, 6) is -1.14. The van der Waals surface area contributed by atoms with Crippen molar-refractivity contribution in [3.63, 3.8) is 0 Å². The highest BCUT2D eigenvalue weighted by Crippen LogP contribution is 2.18. The van der Waals surface area contributed by atoms with Gasteiger partial charge in [0, 0.05) is 20.3 Å². The largest absolute Gasteiger partial charge is 0.478 e. The molecule has 0 heterocycles. The lowest BCUT2D eigenvalue weighted by Crippen LogP contribution is -2.26. The van der Waals surface area contributed by atoms with Gasteiger partial charge in [-0.3, -0.25) is 0 Å². The average molecular weight is 315 g/mol. The summed E-state index contributed by atoms with van der Waals surface area (Å²) in [6.07, 6.45) is 2.45. The highest BCUT2D eigenvalue weighted by atomic mass is 32.2. The van der Waals surface area contributed by atoms with E-state index < -0.39 is 16.0 Å². The number of methoxy groups -OCH3 is 1. The molecule has 2 N–H and O–H groups in total. The van der Waals surface area contributed by atoms with Crippen molar-refractivity contribution in [3.05, 3.63) is 29.3 Å². The predicted molar refractivity (Wildman–Crippen MR) is 79.1 cm³/mol. The lowest BCUT2D eigenvalue weighted by molar-refractivity contribution is 0.0696. The van der Waals surface area contributed by atoms with Gasteiger partial charge in [-0.05, 0) is 43.9 Å². The van der Waals surface area contributed by atoms with Gasteiger partial charge >= 0.3 is 5.97 Å². The Bertz CT molecular complexity index is 583. The van der Waals surface area contributed by atoms with Crippen LogP contribution in [-0.4, -0.2) is 39.8 Å². The summed E-state index contributed by atoms with van der Waals surface area (Å²) in [6, 6.07) is 4.24. The molecule has 0 bridgehead atoms. The van der Waals surface area contributed by atoms with Crippen LogP contribution in [0.1, 0.15) is 35.2 Å². The van der Waals surface area contributed by atoms with Crippen molar-refractivity contribution < 1.29 is 23.1 Å². The lowest BCUT2D eigenvalue weighted by Gasteiger charge is -2.11. The molecule has 1 rings (SSSR count).